The maximum absolute atomic E-state index is 13.2. The number of nitrogens with zero attached hydrogens (tertiary/aromatic N) is 2. The molecule has 0 bridgehead atoms. The summed E-state index contributed by atoms with van der Waals surface area (Å²) in [6, 6.07) is 13.7. The van der Waals surface area contributed by atoms with Gasteiger partial charge in [-0.1, -0.05) is 47.7 Å². The summed E-state index contributed by atoms with van der Waals surface area (Å²) in [5, 5.41) is 0. The van der Waals surface area contributed by atoms with Crippen molar-refractivity contribution in [1.82, 2.24) is 4.31 Å². The number of amides is 1. The van der Waals surface area contributed by atoms with Crippen molar-refractivity contribution in [2.75, 3.05) is 6.54 Å². The van der Waals surface area contributed by atoms with Gasteiger partial charge in [0.25, 0.3) is 10.0 Å². The molecule has 0 atom stereocenters. The third-order valence-electron chi connectivity index (χ3n) is 4.20. The van der Waals surface area contributed by atoms with Crippen LogP contribution in [-0.2, 0) is 14.8 Å². The van der Waals surface area contributed by atoms with Crippen molar-refractivity contribution in [3.8, 4) is 11.8 Å². The molecular weight excluding hydrogens is 436 g/mol. The molecule has 0 saturated heterocycles. The lowest BCUT2D eigenvalue weighted by Gasteiger charge is -2.25. The Labute approximate surface area is 197 Å². The first-order chi connectivity index (χ1) is 15.2. The van der Waals surface area contributed by atoms with Crippen molar-refractivity contribution >= 4 is 22.3 Å². The van der Waals surface area contributed by atoms with Gasteiger partial charge in [-0.15, -0.1) is 0 Å². The smallest absolute Gasteiger partial charge is 0.425 e. The van der Waals surface area contributed by atoms with E-state index in [0.29, 0.717) is 9.87 Å². The molecule has 0 aromatic heterocycles. The number of rotatable bonds is 4. The van der Waals surface area contributed by atoms with Gasteiger partial charge in [-0.05, 0) is 66.7 Å². The zero-order chi connectivity index (χ0) is 24.9. The summed E-state index contributed by atoms with van der Waals surface area (Å²) < 4.78 is 32.5. The minimum atomic E-state index is -4.15. The molecule has 0 aliphatic heterocycles. The number of hydrogen-bond donors (Lipinski definition) is 0. The average Bonchev–Trinajstić information content (AvgIpc) is 2.68. The molecule has 0 N–H and O–H groups in total. The predicted molar refractivity (Wildman–Crippen MR) is 132 cm³/mol. The maximum Gasteiger partial charge on any atom is 0.425 e. The molecule has 0 radical (unpaired) electrons. The Hall–Kier alpha value is -3.11. The topological polar surface area (TPSA) is 76.0 Å². The minimum Gasteiger partial charge on any atom is -0.443 e. The molecule has 2 aromatic carbocycles. The summed E-state index contributed by atoms with van der Waals surface area (Å²) >= 11 is 0. The Bertz CT molecular complexity index is 1170. The molecule has 2 aromatic rings. The Morgan fingerprint density at radius 2 is 1.64 bits per heavy atom. The fourth-order valence-electron chi connectivity index (χ4n) is 2.59. The molecule has 176 valence electrons. The second-order valence-electron chi connectivity index (χ2n) is 9.62. The fourth-order valence-corrected chi connectivity index (χ4v) is 3.79. The van der Waals surface area contributed by atoms with Gasteiger partial charge in [0.1, 0.15) is 12.1 Å². The molecule has 1 amide bonds. The molecule has 0 fully saturated rings. The molecule has 7 heteroatoms. The molecule has 0 saturated carbocycles. The second kappa shape index (κ2) is 10.2. The number of aryl methyl sites for hydroxylation is 1. The van der Waals surface area contributed by atoms with Crippen molar-refractivity contribution in [2.24, 2.45) is 4.99 Å². The number of sulfonamides is 1. The molecule has 6 nitrogen and oxygen atoms in total. The highest BCUT2D eigenvalue weighted by Gasteiger charge is 2.32. The number of benzene rings is 2. The van der Waals surface area contributed by atoms with Crippen molar-refractivity contribution in [2.45, 2.75) is 64.5 Å². The molecule has 33 heavy (non-hydrogen) atoms. The van der Waals surface area contributed by atoms with Gasteiger partial charge in [-0.25, -0.2) is 13.2 Å². The molecule has 2 rings (SSSR count). The van der Waals surface area contributed by atoms with Crippen LogP contribution in [0, 0.1) is 18.8 Å². The number of carbonyl (C=O) groups excluding carboxylic acids is 1. The normalized spacial score (nSPS) is 12.2. The minimum absolute atomic E-state index is 0.00142. The molecule has 0 aliphatic carbocycles. The van der Waals surface area contributed by atoms with Crippen molar-refractivity contribution in [3.63, 3.8) is 0 Å². The molecule has 0 aliphatic rings. The fraction of sp³-hybridized carbons (Fsp3) is 0.385. The second-order valence-corrected chi connectivity index (χ2v) is 11.5. The Kier molecular flexibility index (Phi) is 8.10. The Morgan fingerprint density at radius 1 is 1.03 bits per heavy atom. The van der Waals surface area contributed by atoms with Gasteiger partial charge in [0.2, 0.25) is 0 Å². The lowest BCUT2D eigenvalue weighted by atomic mass is 10.1. The van der Waals surface area contributed by atoms with Gasteiger partial charge in [-0.3, -0.25) is 4.99 Å². The molecule has 0 spiro atoms. The van der Waals surface area contributed by atoms with Crippen LogP contribution in [0.1, 0.15) is 58.2 Å². The molecule has 0 heterocycles. The summed E-state index contributed by atoms with van der Waals surface area (Å²) in [5.41, 5.74) is 1.30. The summed E-state index contributed by atoms with van der Waals surface area (Å²) in [6.45, 7) is 12.5. The van der Waals surface area contributed by atoms with E-state index in [9.17, 15) is 13.2 Å². The monoisotopic (exact) mass is 468 g/mol. The van der Waals surface area contributed by atoms with Crippen LogP contribution in [0.15, 0.2) is 58.4 Å². The first kappa shape index (κ1) is 26.1. The summed E-state index contributed by atoms with van der Waals surface area (Å²) in [6.07, 6.45) is 0.776. The van der Waals surface area contributed by atoms with Crippen LogP contribution in [0.4, 0.5) is 4.79 Å². The van der Waals surface area contributed by atoms with Crippen molar-refractivity contribution in [3.05, 3.63) is 65.2 Å². The lowest BCUT2D eigenvalue weighted by molar-refractivity contribution is 0.0406. The number of hydrogen-bond acceptors (Lipinski definition) is 5. The quantitative estimate of drug-likeness (QED) is 0.457. The zero-order valence-electron chi connectivity index (χ0n) is 20.3. The van der Waals surface area contributed by atoms with Gasteiger partial charge in [0, 0.05) is 17.3 Å². The molecule has 0 unspecified atom stereocenters. The average molecular weight is 469 g/mol. The third kappa shape index (κ3) is 8.07. The Morgan fingerprint density at radius 3 is 2.21 bits per heavy atom. The highest BCUT2D eigenvalue weighted by atomic mass is 32.2. The van der Waals surface area contributed by atoms with Gasteiger partial charge < -0.3 is 4.74 Å². The van der Waals surface area contributed by atoms with E-state index in [1.54, 1.807) is 39.1 Å². The first-order valence-corrected chi connectivity index (χ1v) is 12.1. The lowest BCUT2D eigenvalue weighted by Crippen LogP contribution is -2.41. The van der Waals surface area contributed by atoms with Gasteiger partial charge >= 0.3 is 6.09 Å². The van der Waals surface area contributed by atoms with E-state index in [-0.39, 0.29) is 17.0 Å². The van der Waals surface area contributed by atoms with E-state index in [4.69, 9.17) is 4.74 Å². The van der Waals surface area contributed by atoms with Crippen molar-refractivity contribution in [1.29, 1.82) is 0 Å². The summed E-state index contributed by atoms with van der Waals surface area (Å²) in [7, 11) is -4.15. The van der Waals surface area contributed by atoms with E-state index in [0.717, 1.165) is 11.1 Å². The number of ether oxygens (including phenoxy) is 1. The van der Waals surface area contributed by atoms with Crippen LogP contribution in [-0.4, -0.2) is 42.7 Å². The largest absolute Gasteiger partial charge is 0.443 e. The van der Waals surface area contributed by atoms with E-state index in [2.05, 4.69) is 16.8 Å². The van der Waals surface area contributed by atoms with E-state index in [1.807, 2.05) is 52.0 Å². The zero-order valence-corrected chi connectivity index (χ0v) is 21.2. The number of aliphatic imine (C=N–C) groups is 1. The van der Waals surface area contributed by atoms with Crippen LogP contribution < -0.4 is 0 Å². The maximum atomic E-state index is 13.2. The Balaban J connectivity index is 2.41. The van der Waals surface area contributed by atoms with Crippen LogP contribution in [0.2, 0.25) is 0 Å². The highest BCUT2D eigenvalue weighted by Crippen LogP contribution is 2.20. The third-order valence-corrected chi connectivity index (χ3v) is 5.93. The standard InChI is InChI=1S/C26H32N2O4S/c1-20-14-16-23(17-15-20)33(30,31)28(24(29)32-26(5,6)7)18-10-13-21-11-8-9-12-22(21)19-27-25(2,3)4/h8-9,11-12,14-17,19H,18H2,1-7H3. The predicted octanol–water partition coefficient (Wildman–Crippen LogP) is 5.19. The summed E-state index contributed by atoms with van der Waals surface area (Å²) in [4.78, 5) is 17.3. The first-order valence-electron chi connectivity index (χ1n) is 10.6. The molecular formula is C26H32N2O4S. The SMILES string of the molecule is Cc1ccc(S(=O)(=O)N(CC#Cc2ccccc2C=NC(C)(C)C)C(=O)OC(C)(C)C)cc1. The van der Waals surface area contributed by atoms with Gasteiger partial charge in [0.15, 0.2) is 0 Å². The van der Waals surface area contributed by atoms with Crippen LogP contribution in [0.25, 0.3) is 0 Å². The van der Waals surface area contributed by atoms with E-state index >= 15 is 0 Å². The van der Waals surface area contributed by atoms with Gasteiger partial charge in [0.05, 0.1) is 10.4 Å². The van der Waals surface area contributed by atoms with Gasteiger partial charge in [-0.2, -0.15) is 4.31 Å². The van der Waals surface area contributed by atoms with Crippen molar-refractivity contribution < 1.29 is 17.9 Å². The highest BCUT2D eigenvalue weighted by molar-refractivity contribution is 7.89. The summed E-state index contributed by atoms with van der Waals surface area (Å²) in [5.74, 6) is 5.80. The van der Waals surface area contributed by atoms with E-state index < -0.39 is 21.7 Å². The van der Waals surface area contributed by atoms with Crippen LogP contribution in [0.5, 0.6) is 0 Å². The van der Waals surface area contributed by atoms with Crippen LogP contribution >= 0.6 is 0 Å². The van der Waals surface area contributed by atoms with E-state index in [1.165, 1.54) is 12.1 Å². The number of carbonyl (C=O) groups is 1. The van der Waals surface area contributed by atoms with Crippen LogP contribution in [0.3, 0.4) is 0 Å².